The largest absolute Gasteiger partial charge is 0.353 e. The number of fused-ring (bicyclic) bond motifs is 5. The van der Waals surface area contributed by atoms with Gasteiger partial charge in [0.05, 0.1) is 0 Å². The van der Waals surface area contributed by atoms with Crippen molar-refractivity contribution in [3.8, 4) is 10.8 Å². The molecular formula is C25H33BrO3. The summed E-state index contributed by atoms with van der Waals surface area (Å²) >= 11 is 3.40. The van der Waals surface area contributed by atoms with Crippen molar-refractivity contribution in [2.45, 2.75) is 89.4 Å². The molecule has 7 atom stereocenters. The molecule has 5 rings (SSSR count). The summed E-state index contributed by atoms with van der Waals surface area (Å²) in [4.78, 5) is 15.0. The van der Waals surface area contributed by atoms with Crippen molar-refractivity contribution >= 4 is 21.7 Å². The van der Waals surface area contributed by atoms with E-state index < -0.39 is 5.60 Å². The van der Waals surface area contributed by atoms with Gasteiger partial charge >= 0.3 is 0 Å². The molecule has 1 unspecified atom stereocenters. The highest BCUT2D eigenvalue weighted by Crippen LogP contribution is 2.66. The van der Waals surface area contributed by atoms with Crippen LogP contribution in [0, 0.1) is 39.8 Å². The van der Waals surface area contributed by atoms with Crippen LogP contribution in [0.1, 0.15) is 77.6 Å². The SMILES string of the molecule is C[C@]12CC[C@H]3[C@@H](CCC4=CC(=O)CC[C@@H]43)[C@@H]1CC[C@]2(C#CBr)OC1CCCCO1. The first-order valence-electron chi connectivity index (χ1n) is 11.7. The molecule has 4 aliphatic carbocycles. The van der Waals surface area contributed by atoms with Crippen LogP contribution < -0.4 is 0 Å². The highest BCUT2D eigenvalue weighted by atomic mass is 79.9. The van der Waals surface area contributed by atoms with E-state index in [4.69, 9.17) is 9.47 Å². The van der Waals surface area contributed by atoms with Crippen LogP contribution in [0.25, 0.3) is 0 Å². The number of hydrogen-bond acceptors (Lipinski definition) is 3. The molecule has 0 N–H and O–H groups in total. The Hall–Kier alpha value is -0.630. The molecule has 4 fully saturated rings. The molecule has 3 saturated carbocycles. The molecule has 0 radical (unpaired) electrons. The third-order valence-electron chi connectivity index (χ3n) is 9.14. The van der Waals surface area contributed by atoms with Gasteiger partial charge in [0.15, 0.2) is 12.1 Å². The van der Waals surface area contributed by atoms with Gasteiger partial charge < -0.3 is 9.47 Å². The van der Waals surface area contributed by atoms with Crippen molar-refractivity contribution < 1.29 is 14.3 Å². The van der Waals surface area contributed by atoms with E-state index in [1.54, 1.807) is 0 Å². The fourth-order valence-electron chi connectivity index (χ4n) is 7.71. The van der Waals surface area contributed by atoms with E-state index in [1.807, 2.05) is 6.08 Å². The summed E-state index contributed by atoms with van der Waals surface area (Å²) in [5.74, 6) is 6.67. The minimum Gasteiger partial charge on any atom is -0.353 e. The molecule has 3 nitrogen and oxygen atoms in total. The minimum absolute atomic E-state index is 0.0848. The summed E-state index contributed by atoms with van der Waals surface area (Å²) in [7, 11) is 0. The maximum Gasteiger partial charge on any atom is 0.159 e. The van der Waals surface area contributed by atoms with Crippen LogP contribution >= 0.6 is 15.9 Å². The third kappa shape index (κ3) is 3.27. The minimum atomic E-state index is -0.396. The fraction of sp³-hybridized carbons (Fsp3) is 0.800. The lowest BCUT2D eigenvalue weighted by atomic mass is 9.50. The zero-order valence-corrected chi connectivity index (χ0v) is 19.1. The van der Waals surface area contributed by atoms with Gasteiger partial charge in [-0.2, -0.15) is 0 Å². The second kappa shape index (κ2) is 7.81. The van der Waals surface area contributed by atoms with E-state index in [0.29, 0.717) is 17.6 Å². The Morgan fingerprint density at radius 1 is 1.10 bits per heavy atom. The molecule has 0 aromatic rings. The Kier molecular flexibility index (Phi) is 5.46. The lowest BCUT2D eigenvalue weighted by molar-refractivity contribution is -0.240. The van der Waals surface area contributed by atoms with Crippen LogP contribution in [0.2, 0.25) is 0 Å². The van der Waals surface area contributed by atoms with Crippen LogP contribution in [-0.4, -0.2) is 24.3 Å². The number of hydrogen-bond donors (Lipinski definition) is 0. The zero-order chi connectivity index (χ0) is 20.1. The fourth-order valence-corrected chi connectivity index (χ4v) is 8.03. The molecule has 0 bridgehead atoms. The predicted molar refractivity (Wildman–Crippen MR) is 116 cm³/mol. The number of carbonyl (C=O) groups excluding carboxylic acids is 1. The summed E-state index contributed by atoms with van der Waals surface area (Å²) in [5.41, 5.74) is 1.15. The molecule has 1 saturated heterocycles. The first kappa shape index (κ1) is 20.3. The first-order valence-corrected chi connectivity index (χ1v) is 12.5. The molecule has 5 aliphatic rings. The molecule has 4 heteroatoms. The molecule has 29 heavy (non-hydrogen) atoms. The van der Waals surface area contributed by atoms with Crippen LogP contribution in [0.3, 0.4) is 0 Å². The van der Waals surface area contributed by atoms with Gasteiger partial charge in [-0.1, -0.05) is 18.4 Å². The van der Waals surface area contributed by atoms with Gasteiger partial charge in [-0.25, -0.2) is 0 Å². The Morgan fingerprint density at radius 3 is 2.79 bits per heavy atom. The highest BCUT2D eigenvalue weighted by Gasteiger charge is 2.63. The van der Waals surface area contributed by atoms with Crippen molar-refractivity contribution in [1.82, 2.24) is 0 Å². The molecule has 0 amide bonds. The molecule has 158 valence electrons. The maximum atomic E-state index is 11.9. The second-order valence-electron chi connectivity index (χ2n) is 10.3. The Bertz CT molecular complexity index is 758. The number of carbonyl (C=O) groups is 1. The van der Waals surface area contributed by atoms with Crippen molar-refractivity contribution in [2.24, 2.45) is 29.1 Å². The number of ketones is 1. The van der Waals surface area contributed by atoms with Crippen LogP contribution in [0.5, 0.6) is 0 Å². The summed E-state index contributed by atoms with van der Waals surface area (Å²) in [6.45, 7) is 3.26. The number of allylic oxidation sites excluding steroid dienone is 1. The van der Waals surface area contributed by atoms with Crippen molar-refractivity contribution in [3.63, 3.8) is 0 Å². The van der Waals surface area contributed by atoms with E-state index >= 15 is 0 Å². The van der Waals surface area contributed by atoms with Gasteiger partial charge in [-0.15, -0.1) is 0 Å². The lowest BCUT2D eigenvalue weighted by Crippen LogP contribution is -2.54. The third-order valence-corrected chi connectivity index (χ3v) is 9.34. The normalized spacial score (nSPS) is 46.6. The summed E-state index contributed by atoms with van der Waals surface area (Å²) in [5, 5.41) is 0. The van der Waals surface area contributed by atoms with E-state index in [2.05, 4.69) is 33.6 Å². The Labute approximate surface area is 183 Å². The van der Waals surface area contributed by atoms with Gasteiger partial charge in [0.25, 0.3) is 0 Å². The maximum absolute atomic E-state index is 11.9. The Balaban J connectivity index is 1.42. The van der Waals surface area contributed by atoms with Gasteiger partial charge in [0.1, 0.15) is 5.60 Å². The van der Waals surface area contributed by atoms with Gasteiger partial charge in [-0.05, 0) is 98.8 Å². The zero-order valence-electron chi connectivity index (χ0n) is 17.6. The monoisotopic (exact) mass is 460 g/mol. The quantitative estimate of drug-likeness (QED) is 0.490. The average molecular weight is 461 g/mol. The number of ether oxygens (including phenoxy) is 2. The molecule has 0 spiro atoms. The summed E-state index contributed by atoms with van der Waals surface area (Å²) in [6.07, 6.45) is 14.0. The van der Waals surface area contributed by atoms with E-state index in [0.717, 1.165) is 57.0 Å². The van der Waals surface area contributed by atoms with E-state index in [-0.39, 0.29) is 11.7 Å². The molecule has 1 heterocycles. The standard InChI is InChI=1S/C25H33BrO3/c1-24-11-9-20-19-8-6-18(27)16-17(19)5-7-21(20)22(24)10-12-25(24,13-14-26)29-23-4-2-3-15-28-23/h16,19-23H,2-12,15H2,1H3/t19-,20+,21+,22-,23?,24-,25+/m0/s1. The predicted octanol–water partition coefficient (Wildman–Crippen LogP) is 5.77. The van der Waals surface area contributed by atoms with E-state index in [9.17, 15) is 4.79 Å². The molecule has 1 aliphatic heterocycles. The number of rotatable bonds is 2. The first-order chi connectivity index (χ1) is 14.1. The number of halogens is 1. The molecule has 0 aromatic carbocycles. The van der Waals surface area contributed by atoms with Crippen molar-refractivity contribution in [3.05, 3.63) is 11.6 Å². The summed E-state index contributed by atoms with van der Waals surface area (Å²) < 4.78 is 12.7. The van der Waals surface area contributed by atoms with Crippen molar-refractivity contribution in [1.29, 1.82) is 0 Å². The van der Waals surface area contributed by atoms with Crippen LogP contribution in [0.4, 0.5) is 0 Å². The molecular weight excluding hydrogens is 428 g/mol. The summed E-state index contributed by atoms with van der Waals surface area (Å²) in [6, 6.07) is 0. The van der Waals surface area contributed by atoms with Crippen LogP contribution in [0.15, 0.2) is 11.6 Å². The van der Waals surface area contributed by atoms with Gasteiger partial charge in [-0.3, -0.25) is 4.79 Å². The van der Waals surface area contributed by atoms with Gasteiger partial charge in [0, 0.05) is 34.4 Å². The van der Waals surface area contributed by atoms with Gasteiger partial charge in [0.2, 0.25) is 0 Å². The van der Waals surface area contributed by atoms with E-state index in [1.165, 1.54) is 37.7 Å². The van der Waals surface area contributed by atoms with Crippen LogP contribution in [-0.2, 0) is 14.3 Å². The van der Waals surface area contributed by atoms with Crippen molar-refractivity contribution in [2.75, 3.05) is 6.61 Å². The molecule has 0 aromatic heterocycles. The smallest absolute Gasteiger partial charge is 0.159 e. The Morgan fingerprint density at radius 2 is 2.00 bits per heavy atom. The second-order valence-corrected chi connectivity index (χ2v) is 10.7. The highest BCUT2D eigenvalue weighted by molar-refractivity contribution is 9.12. The topological polar surface area (TPSA) is 35.5 Å². The lowest BCUT2D eigenvalue weighted by Gasteiger charge is -2.55. The average Bonchev–Trinajstić information content (AvgIpc) is 3.01.